The van der Waals surface area contributed by atoms with Crippen LogP contribution in [-0.4, -0.2) is 43.0 Å². The third kappa shape index (κ3) is 6.35. The Morgan fingerprint density at radius 2 is 1.77 bits per heavy atom. The lowest BCUT2D eigenvalue weighted by Gasteiger charge is -2.15. The molecule has 0 radical (unpaired) electrons. The van der Waals surface area contributed by atoms with Gasteiger partial charge in [0.15, 0.2) is 5.96 Å². The topological polar surface area (TPSA) is 72.7 Å². The predicted octanol–water partition coefficient (Wildman–Crippen LogP) is 2.82. The molecule has 0 aliphatic heterocycles. The molecule has 0 aliphatic rings. The van der Waals surface area contributed by atoms with Gasteiger partial charge < -0.3 is 20.1 Å². The number of benzene rings is 2. The average molecular weight is 408 g/mol. The maximum absolute atomic E-state index is 5.76. The van der Waals surface area contributed by atoms with Crippen molar-refractivity contribution in [1.29, 1.82) is 0 Å². The van der Waals surface area contributed by atoms with Crippen molar-refractivity contribution in [2.24, 2.45) is 4.99 Å². The number of ether oxygens (including phenoxy) is 2. The Hall–Kier alpha value is -3.32. The van der Waals surface area contributed by atoms with E-state index >= 15 is 0 Å². The predicted molar refractivity (Wildman–Crippen MR) is 119 cm³/mol. The second-order valence-corrected chi connectivity index (χ2v) is 6.69. The molecule has 30 heavy (non-hydrogen) atoms. The first-order valence-corrected chi connectivity index (χ1v) is 9.98. The largest absolute Gasteiger partial charge is 0.496 e. The van der Waals surface area contributed by atoms with Crippen molar-refractivity contribution >= 4 is 5.96 Å². The van der Waals surface area contributed by atoms with Crippen LogP contribution in [0.15, 0.2) is 72.0 Å². The van der Waals surface area contributed by atoms with E-state index < -0.39 is 0 Å². The van der Waals surface area contributed by atoms with Crippen molar-refractivity contribution < 1.29 is 9.47 Å². The molecule has 0 saturated carbocycles. The summed E-state index contributed by atoms with van der Waals surface area (Å²) in [4.78, 5) is 4.29. The molecule has 0 saturated heterocycles. The van der Waals surface area contributed by atoms with Gasteiger partial charge in [0.25, 0.3) is 0 Å². The molecule has 2 aromatic carbocycles. The lowest BCUT2D eigenvalue weighted by atomic mass is 10.1. The molecule has 7 nitrogen and oxygen atoms in total. The van der Waals surface area contributed by atoms with Crippen molar-refractivity contribution in [3.8, 4) is 5.75 Å². The van der Waals surface area contributed by atoms with Gasteiger partial charge in [-0.3, -0.25) is 9.67 Å². The van der Waals surface area contributed by atoms with Gasteiger partial charge in [-0.15, -0.1) is 0 Å². The fourth-order valence-corrected chi connectivity index (χ4v) is 3.10. The zero-order valence-electron chi connectivity index (χ0n) is 17.5. The Balaban J connectivity index is 1.42. The number of methoxy groups -OCH3 is 1. The fourth-order valence-electron chi connectivity index (χ4n) is 3.10. The number of aromatic nitrogens is 2. The highest BCUT2D eigenvalue weighted by Gasteiger charge is 2.05. The highest BCUT2D eigenvalue weighted by atomic mass is 16.5. The van der Waals surface area contributed by atoms with E-state index in [2.05, 4.69) is 38.9 Å². The maximum atomic E-state index is 5.76. The van der Waals surface area contributed by atoms with Crippen LogP contribution in [-0.2, 0) is 24.4 Å². The van der Waals surface area contributed by atoms with Crippen LogP contribution in [0.5, 0.6) is 5.75 Å². The minimum Gasteiger partial charge on any atom is -0.496 e. The number of rotatable bonds is 10. The molecular weight excluding hydrogens is 378 g/mol. The molecule has 0 aliphatic carbocycles. The number of nitrogens with zero attached hydrogens (tertiary/aromatic N) is 3. The highest BCUT2D eigenvalue weighted by molar-refractivity contribution is 5.79. The van der Waals surface area contributed by atoms with Crippen LogP contribution in [0.1, 0.15) is 16.7 Å². The van der Waals surface area contributed by atoms with Crippen molar-refractivity contribution in [3.63, 3.8) is 0 Å². The Kier molecular flexibility index (Phi) is 8.29. The van der Waals surface area contributed by atoms with E-state index in [0.29, 0.717) is 26.3 Å². The number of nitrogens with one attached hydrogen (secondary N) is 2. The molecule has 0 atom stereocenters. The van der Waals surface area contributed by atoms with Crippen LogP contribution in [0.4, 0.5) is 0 Å². The minimum absolute atomic E-state index is 0.512. The lowest BCUT2D eigenvalue weighted by molar-refractivity contribution is 0.123. The third-order valence-electron chi connectivity index (χ3n) is 4.67. The quantitative estimate of drug-likeness (QED) is 0.307. The van der Waals surface area contributed by atoms with Gasteiger partial charge in [0.05, 0.1) is 26.9 Å². The van der Waals surface area contributed by atoms with E-state index in [0.717, 1.165) is 23.8 Å². The molecule has 0 spiro atoms. The van der Waals surface area contributed by atoms with E-state index in [9.17, 15) is 0 Å². The standard InChI is InChI=1S/C23H29N5O2/c1-24-23(25-13-15-30-18-21-10-5-6-11-22(21)29-2)26-16-19-8-3-4-9-20(19)17-28-14-7-12-27-28/h3-12,14H,13,15-18H2,1-2H3,(H2,24,25,26). The fraction of sp³-hybridized carbons (Fsp3) is 0.304. The summed E-state index contributed by atoms with van der Waals surface area (Å²) in [6.07, 6.45) is 3.76. The summed E-state index contributed by atoms with van der Waals surface area (Å²) in [6, 6.07) is 18.2. The zero-order valence-corrected chi connectivity index (χ0v) is 17.5. The average Bonchev–Trinajstić information content (AvgIpc) is 3.30. The van der Waals surface area contributed by atoms with Crippen molar-refractivity contribution in [1.82, 2.24) is 20.4 Å². The first-order chi connectivity index (χ1) is 14.8. The monoisotopic (exact) mass is 407 g/mol. The molecule has 3 rings (SSSR count). The van der Waals surface area contributed by atoms with Crippen LogP contribution in [0.2, 0.25) is 0 Å². The Bertz CT molecular complexity index is 925. The molecule has 2 N–H and O–H groups in total. The lowest BCUT2D eigenvalue weighted by Crippen LogP contribution is -2.38. The van der Waals surface area contributed by atoms with Gasteiger partial charge in [0.1, 0.15) is 5.75 Å². The van der Waals surface area contributed by atoms with Gasteiger partial charge >= 0.3 is 0 Å². The molecule has 0 amide bonds. The molecule has 1 aromatic heterocycles. The van der Waals surface area contributed by atoms with Crippen LogP contribution in [0, 0.1) is 0 Å². The third-order valence-corrected chi connectivity index (χ3v) is 4.67. The highest BCUT2D eigenvalue weighted by Crippen LogP contribution is 2.17. The number of guanidine groups is 1. The van der Waals surface area contributed by atoms with Crippen molar-refractivity contribution in [2.45, 2.75) is 19.7 Å². The molecular formula is C23H29N5O2. The molecule has 1 heterocycles. The number of hydrogen-bond acceptors (Lipinski definition) is 4. The van der Waals surface area contributed by atoms with Gasteiger partial charge in [0.2, 0.25) is 0 Å². The second kappa shape index (κ2) is 11.6. The van der Waals surface area contributed by atoms with Crippen LogP contribution >= 0.6 is 0 Å². The molecule has 0 bridgehead atoms. The summed E-state index contributed by atoms with van der Waals surface area (Å²) in [5, 5.41) is 10.9. The van der Waals surface area contributed by atoms with E-state index in [1.807, 2.05) is 47.3 Å². The Labute approximate surface area is 177 Å². The normalized spacial score (nSPS) is 11.3. The summed E-state index contributed by atoms with van der Waals surface area (Å²) in [5.41, 5.74) is 3.48. The van der Waals surface area contributed by atoms with Crippen LogP contribution in [0.3, 0.4) is 0 Å². The second-order valence-electron chi connectivity index (χ2n) is 6.69. The molecule has 158 valence electrons. The summed E-state index contributed by atoms with van der Waals surface area (Å²) in [5.74, 6) is 1.58. The van der Waals surface area contributed by atoms with Gasteiger partial charge in [-0.1, -0.05) is 42.5 Å². The Morgan fingerprint density at radius 1 is 1.00 bits per heavy atom. The van der Waals surface area contributed by atoms with Gasteiger partial charge in [-0.2, -0.15) is 5.10 Å². The van der Waals surface area contributed by atoms with E-state index in [-0.39, 0.29) is 0 Å². The van der Waals surface area contributed by atoms with Gasteiger partial charge in [-0.25, -0.2) is 0 Å². The van der Waals surface area contributed by atoms with E-state index in [1.165, 1.54) is 11.1 Å². The van der Waals surface area contributed by atoms with Crippen molar-refractivity contribution in [2.75, 3.05) is 27.3 Å². The zero-order chi connectivity index (χ0) is 21.0. The summed E-state index contributed by atoms with van der Waals surface area (Å²) in [6.45, 7) is 3.16. The number of aliphatic imine (C=N–C) groups is 1. The molecule has 3 aromatic rings. The van der Waals surface area contributed by atoms with E-state index in [1.54, 1.807) is 20.4 Å². The molecule has 0 fully saturated rings. The summed E-state index contributed by atoms with van der Waals surface area (Å²) < 4.78 is 13.0. The van der Waals surface area contributed by atoms with Crippen LogP contribution in [0.25, 0.3) is 0 Å². The summed E-state index contributed by atoms with van der Waals surface area (Å²) in [7, 11) is 3.43. The molecule has 0 unspecified atom stereocenters. The first-order valence-electron chi connectivity index (χ1n) is 9.98. The van der Waals surface area contributed by atoms with Crippen LogP contribution < -0.4 is 15.4 Å². The summed E-state index contributed by atoms with van der Waals surface area (Å²) >= 11 is 0. The number of para-hydroxylation sites is 1. The minimum atomic E-state index is 0.512. The number of hydrogen-bond donors (Lipinski definition) is 2. The van der Waals surface area contributed by atoms with Gasteiger partial charge in [0, 0.05) is 38.1 Å². The van der Waals surface area contributed by atoms with E-state index in [4.69, 9.17) is 9.47 Å². The van der Waals surface area contributed by atoms with Gasteiger partial charge in [-0.05, 0) is 23.3 Å². The first kappa shape index (κ1) is 21.4. The maximum Gasteiger partial charge on any atom is 0.191 e. The smallest absolute Gasteiger partial charge is 0.191 e. The Morgan fingerprint density at radius 3 is 2.50 bits per heavy atom. The molecule has 7 heteroatoms. The SMILES string of the molecule is CN=C(NCCOCc1ccccc1OC)NCc1ccccc1Cn1cccn1. The van der Waals surface area contributed by atoms with Crippen molar-refractivity contribution in [3.05, 3.63) is 83.7 Å².